The fraction of sp³-hybridized carbons (Fsp3) is 0.556. The van der Waals surface area contributed by atoms with Gasteiger partial charge in [0, 0.05) is 12.3 Å². The largest absolute Gasteiger partial charge is 0.372 e. The van der Waals surface area contributed by atoms with Crippen molar-refractivity contribution in [1.29, 1.82) is 5.26 Å². The van der Waals surface area contributed by atoms with Crippen molar-refractivity contribution < 1.29 is 8.42 Å². The number of anilines is 1. The molecule has 17 heavy (non-hydrogen) atoms. The minimum absolute atomic E-state index is 0.0617. The predicted molar refractivity (Wildman–Crippen MR) is 69.3 cm³/mol. The Morgan fingerprint density at radius 2 is 2.29 bits per heavy atom. The molecule has 0 fully saturated rings. The van der Waals surface area contributed by atoms with Crippen LogP contribution in [0, 0.1) is 11.3 Å². The number of hydrogen-bond donors (Lipinski definition) is 1. The lowest BCUT2D eigenvalue weighted by Gasteiger charge is -2.12. The Balaban J connectivity index is 2.63. The molecule has 8 heteroatoms. The van der Waals surface area contributed by atoms with Crippen LogP contribution < -0.4 is 5.32 Å². The van der Waals surface area contributed by atoms with E-state index in [-0.39, 0.29) is 16.9 Å². The summed E-state index contributed by atoms with van der Waals surface area (Å²) in [7, 11) is -2.97. The Morgan fingerprint density at radius 1 is 1.65 bits per heavy atom. The highest BCUT2D eigenvalue weighted by atomic mass is 35.5. The summed E-state index contributed by atoms with van der Waals surface area (Å²) in [6.45, 7) is 1.85. The lowest BCUT2D eigenvalue weighted by atomic mass is 10.2. The molecule has 0 spiro atoms. The standard InChI is InChI=1S/C9H12ClN3O2S2/c1-6(3-4-17(2,14)15)12-9-7(5-11)8(10)13-16-9/h6,12H,3-4H2,1-2H3. The molecule has 0 aliphatic rings. The molecule has 1 atom stereocenters. The predicted octanol–water partition coefficient (Wildman–Crippen LogP) is 1.90. The zero-order valence-electron chi connectivity index (χ0n) is 9.40. The molecule has 0 bridgehead atoms. The van der Waals surface area contributed by atoms with Crippen LogP contribution in [0.5, 0.6) is 0 Å². The number of nitrogens with zero attached hydrogens (tertiary/aromatic N) is 2. The highest BCUT2D eigenvalue weighted by Crippen LogP contribution is 2.28. The molecule has 0 saturated carbocycles. The van der Waals surface area contributed by atoms with Crippen molar-refractivity contribution in [2.24, 2.45) is 0 Å². The molecule has 5 nitrogen and oxygen atoms in total. The number of halogens is 1. The van der Waals surface area contributed by atoms with E-state index in [0.29, 0.717) is 17.0 Å². The van der Waals surface area contributed by atoms with Crippen molar-refractivity contribution in [3.05, 3.63) is 10.7 Å². The van der Waals surface area contributed by atoms with Gasteiger partial charge in [0.1, 0.15) is 26.5 Å². The van der Waals surface area contributed by atoms with Crippen LogP contribution in [0.1, 0.15) is 18.9 Å². The Bertz CT molecular complexity index is 533. The summed E-state index contributed by atoms with van der Waals surface area (Å²) < 4.78 is 25.9. The van der Waals surface area contributed by atoms with Gasteiger partial charge in [-0.1, -0.05) is 11.6 Å². The quantitative estimate of drug-likeness (QED) is 0.896. The van der Waals surface area contributed by atoms with E-state index in [0.717, 1.165) is 11.5 Å². The van der Waals surface area contributed by atoms with E-state index in [2.05, 4.69) is 9.69 Å². The summed E-state index contributed by atoms with van der Waals surface area (Å²) in [4.78, 5) is 0. The van der Waals surface area contributed by atoms with Gasteiger partial charge in [-0.3, -0.25) is 0 Å². The van der Waals surface area contributed by atoms with Gasteiger partial charge in [-0.2, -0.15) is 9.64 Å². The average molecular weight is 294 g/mol. The number of sulfone groups is 1. The monoisotopic (exact) mass is 293 g/mol. The lowest BCUT2D eigenvalue weighted by Crippen LogP contribution is -2.19. The second-order valence-corrected chi connectivity index (χ2v) is 7.14. The van der Waals surface area contributed by atoms with Gasteiger partial charge in [0.2, 0.25) is 0 Å². The summed E-state index contributed by atoms with van der Waals surface area (Å²) in [5, 5.41) is 12.7. The molecule has 1 unspecified atom stereocenters. The van der Waals surface area contributed by atoms with Crippen molar-refractivity contribution in [3.63, 3.8) is 0 Å². The van der Waals surface area contributed by atoms with Crippen molar-refractivity contribution >= 4 is 38.0 Å². The van der Waals surface area contributed by atoms with Gasteiger partial charge >= 0.3 is 0 Å². The third kappa shape index (κ3) is 4.50. The molecule has 0 saturated heterocycles. The van der Waals surface area contributed by atoms with Gasteiger partial charge < -0.3 is 5.32 Å². The van der Waals surface area contributed by atoms with Crippen molar-refractivity contribution in [3.8, 4) is 6.07 Å². The van der Waals surface area contributed by atoms with Crippen LogP contribution in [-0.4, -0.2) is 30.8 Å². The summed E-state index contributed by atoms with van der Waals surface area (Å²) in [5.41, 5.74) is 0.308. The van der Waals surface area contributed by atoms with Crippen LogP contribution >= 0.6 is 23.1 Å². The van der Waals surface area contributed by atoms with Crippen LogP contribution in [0.25, 0.3) is 0 Å². The van der Waals surface area contributed by atoms with E-state index in [1.54, 1.807) is 0 Å². The molecule has 0 aromatic carbocycles. The first-order valence-electron chi connectivity index (χ1n) is 4.83. The third-order valence-corrected chi connectivity index (χ3v) is 4.19. The first kappa shape index (κ1) is 14.2. The van der Waals surface area contributed by atoms with Crippen molar-refractivity contribution in [1.82, 2.24) is 4.37 Å². The topological polar surface area (TPSA) is 82.8 Å². The smallest absolute Gasteiger partial charge is 0.162 e. The fourth-order valence-corrected chi connectivity index (χ4v) is 2.98. The van der Waals surface area contributed by atoms with Gasteiger partial charge in [0.25, 0.3) is 0 Å². The molecule has 1 aromatic rings. The average Bonchev–Trinajstić information content (AvgIpc) is 2.55. The van der Waals surface area contributed by atoms with E-state index < -0.39 is 9.84 Å². The van der Waals surface area contributed by atoms with Gasteiger partial charge in [-0.25, -0.2) is 8.42 Å². The highest BCUT2D eigenvalue weighted by Gasteiger charge is 2.14. The molecule has 0 amide bonds. The van der Waals surface area contributed by atoms with E-state index in [1.807, 2.05) is 13.0 Å². The molecular weight excluding hydrogens is 282 g/mol. The zero-order chi connectivity index (χ0) is 13.1. The Morgan fingerprint density at radius 3 is 2.82 bits per heavy atom. The van der Waals surface area contributed by atoms with Crippen LogP contribution in [0.4, 0.5) is 5.00 Å². The Labute approximate surface area is 109 Å². The number of aromatic nitrogens is 1. The van der Waals surface area contributed by atoms with Crippen LogP contribution in [0.2, 0.25) is 5.15 Å². The van der Waals surface area contributed by atoms with Gasteiger partial charge in [0.05, 0.1) is 5.75 Å². The maximum Gasteiger partial charge on any atom is 0.162 e. The molecule has 0 aliphatic heterocycles. The molecule has 1 N–H and O–H groups in total. The van der Waals surface area contributed by atoms with Crippen LogP contribution in [0.15, 0.2) is 0 Å². The van der Waals surface area contributed by atoms with Gasteiger partial charge in [-0.05, 0) is 24.9 Å². The first-order valence-corrected chi connectivity index (χ1v) is 8.04. The Hall–Kier alpha value is -0.840. The molecule has 0 radical (unpaired) electrons. The number of nitrogens with one attached hydrogen (secondary N) is 1. The summed E-state index contributed by atoms with van der Waals surface area (Å²) in [5.74, 6) is 0.107. The minimum atomic E-state index is -2.97. The number of rotatable bonds is 5. The SMILES string of the molecule is CC(CCS(C)(=O)=O)Nc1snc(Cl)c1C#N. The molecular formula is C9H12ClN3O2S2. The second-order valence-electron chi connectivity index (χ2n) is 3.75. The number of hydrogen-bond acceptors (Lipinski definition) is 6. The normalized spacial score (nSPS) is 13.1. The molecule has 94 valence electrons. The fourth-order valence-electron chi connectivity index (χ4n) is 1.15. The zero-order valence-corrected chi connectivity index (χ0v) is 11.8. The van der Waals surface area contributed by atoms with Crippen LogP contribution in [0.3, 0.4) is 0 Å². The first-order chi connectivity index (χ1) is 7.83. The minimum Gasteiger partial charge on any atom is -0.372 e. The second kappa shape index (κ2) is 5.67. The van der Waals surface area contributed by atoms with Gasteiger partial charge in [0.15, 0.2) is 5.15 Å². The van der Waals surface area contributed by atoms with E-state index in [9.17, 15) is 8.42 Å². The van der Waals surface area contributed by atoms with Gasteiger partial charge in [-0.15, -0.1) is 0 Å². The van der Waals surface area contributed by atoms with Crippen molar-refractivity contribution in [2.45, 2.75) is 19.4 Å². The molecule has 1 aromatic heterocycles. The van der Waals surface area contributed by atoms with E-state index >= 15 is 0 Å². The Kier molecular flexibility index (Phi) is 4.74. The van der Waals surface area contributed by atoms with E-state index in [4.69, 9.17) is 16.9 Å². The van der Waals surface area contributed by atoms with E-state index in [1.165, 1.54) is 6.26 Å². The highest BCUT2D eigenvalue weighted by molar-refractivity contribution is 7.90. The molecule has 1 rings (SSSR count). The molecule has 1 heterocycles. The summed E-state index contributed by atoms with van der Waals surface area (Å²) >= 11 is 6.82. The third-order valence-electron chi connectivity index (χ3n) is 2.06. The maximum atomic E-state index is 11.0. The molecule has 0 aliphatic carbocycles. The number of nitriles is 1. The lowest BCUT2D eigenvalue weighted by molar-refractivity contribution is 0.596. The summed E-state index contributed by atoms with van der Waals surface area (Å²) in [6.07, 6.45) is 1.67. The van der Waals surface area contributed by atoms with Crippen LogP contribution in [-0.2, 0) is 9.84 Å². The van der Waals surface area contributed by atoms with Crippen molar-refractivity contribution in [2.75, 3.05) is 17.3 Å². The maximum absolute atomic E-state index is 11.0. The summed E-state index contributed by atoms with van der Waals surface area (Å²) in [6, 6.07) is 1.90.